The molecule has 0 aromatic carbocycles. The molecule has 0 saturated carbocycles. The SMILES string of the molecule is COCCOCCNCC(C)(C)O. The predicted molar refractivity (Wildman–Crippen MR) is 51.9 cm³/mol. The van der Waals surface area contributed by atoms with Gasteiger partial charge in [0.25, 0.3) is 0 Å². The first kappa shape index (κ1) is 12.8. The van der Waals surface area contributed by atoms with E-state index in [1.165, 1.54) is 0 Å². The van der Waals surface area contributed by atoms with Crippen LogP contribution >= 0.6 is 0 Å². The normalized spacial score (nSPS) is 12.0. The molecule has 0 fully saturated rings. The molecule has 0 aliphatic heterocycles. The number of hydrogen-bond acceptors (Lipinski definition) is 4. The summed E-state index contributed by atoms with van der Waals surface area (Å²) in [6.07, 6.45) is 0. The lowest BCUT2D eigenvalue weighted by Gasteiger charge is -2.17. The first-order valence-corrected chi connectivity index (χ1v) is 4.56. The highest BCUT2D eigenvalue weighted by Crippen LogP contribution is 1.96. The van der Waals surface area contributed by atoms with Crippen LogP contribution in [0.1, 0.15) is 13.8 Å². The fourth-order valence-corrected chi connectivity index (χ4v) is 0.783. The van der Waals surface area contributed by atoms with Crippen molar-refractivity contribution in [3.8, 4) is 0 Å². The zero-order chi connectivity index (χ0) is 10.2. The van der Waals surface area contributed by atoms with E-state index in [0.29, 0.717) is 26.4 Å². The van der Waals surface area contributed by atoms with Crippen molar-refractivity contribution in [1.82, 2.24) is 5.32 Å². The van der Waals surface area contributed by atoms with Gasteiger partial charge in [0, 0.05) is 20.2 Å². The van der Waals surface area contributed by atoms with Crippen molar-refractivity contribution in [2.75, 3.05) is 40.0 Å². The predicted octanol–water partition coefficient (Wildman–Crippen LogP) is 0.00990. The third-order valence-electron chi connectivity index (χ3n) is 1.41. The van der Waals surface area contributed by atoms with Crippen molar-refractivity contribution >= 4 is 0 Å². The zero-order valence-electron chi connectivity index (χ0n) is 8.80. The Balaban J connectivity index is 3.00. The van der Waals surface area contributed by atoms with Crippen molar-refractivity contribution in [2.45, 2.75) is 19.4 Å². The van der Waals surface area contributed by atoms with Gasteiger partial charge in [-0.25, -0.2) is 0 Å². The maximum absolute atomic E-state index is 9.34. The molecule has 0 amide bonds. The molecule has 0 spiro atoms. The zero-order valence-corrected chi connectivity index (χ0v) is 8.80. The van der Waals surface area contributed by atoms with Crippen LogP contribution in [0, 0.1) is 0 Å². The Morgan fingerprint density at radius 3 is 2.46 bits per heavy atom. The molecule has 0 saturated heterocycles. The standard InChI is InChI=1S/C9H21NO3/c1-9(2,11)8-10-4-5-13-7-6-12-3/h10-11H,4-8H2,1-3H3. The Morgan fingerprint density at radius 1 is 1.23 bits per heavy atom. The van der Waals surface area contributed by atoms with Gasteiger partial charge in [0.05, 0.1) is 25.4 Å². The van der Waals surface area contributed by atoms with E-state index in [-0.39, 0.29) is 0 Å². The quantitative estimate of drug-likeness (QED) is 0.531. The van der Waals surface area contributed by atoms with Crippen molar-refractivity contribution < 1.29 is 14.6 Å². The molecule has 0 rings (SSSR count). The van der Waals surface area contributed by atoms with Gasteiger partial charge < -0.3 is 19.9 Å². The van der Waals surface area contributed by atoms with E-state index < -0.39 is 5.60 Å². The summed E-state index contributed by atoms with van der Waals surface area (Å²) in [5.41, 5.74) is -0.646. The molecule has 0 radical (unpaired) electrons. The van der Waals surface area contributed by atoms with Gasteiger partial charge in [0.1, 0.15) is 0 Å². The molecular formula is C9H21NO3. The lowest BCUT2D eigenvalue weighted by molar-refractivity contribution is 0.0606. The van der Waals surface area contributed by atoms with E-state index >= 15 is 0 Å². The third kappa shape index (κ3) is 11.8. The van der Waals surface area contributed by atoms with Gasteiger partial charge in [0.15, 0.2) is 0 Å². The number of ether oxygens (including phenoxy) is 2. The summed E-state index contributed by atoms with van der Waals surface area (Å²) in [5, 5.41) is 12.4. The summed E-state index contributed by atoms with van der Waals surface area (Å²) in [5.74, 6) is 0. The molecule has 4 nitrogen and oxygen atoms in total. The average Bonchev–Trinajstić information content (AvgIpc) is 2.01. The average molecular weight is 191 g/mol. The molecule has 0 aliphatic carbocycles. The minimum atomic E-state index is -0.646. The summed E-state index contributed by atoms with van der Waals surface area (Å²) >= 11 is 0. The van der Waals surface area contributed by atoms with Crippen LogP contribution in [-0.2, 0) is 9.47 Å². The Labute approximate surface area is 80.2 Å². The molecule has 0 bridgehead atoms. The van der Waals surface area contributed by atoms with Crippen molar-refractivity contribution in [3.63, 3.8) is 0 Å². The number of hydrogen-bond donors (Lipinski definition) is 2. The molecule has 80 valence electrons. The van der Waals surface area contributed by atoms with Crippen LogP contribution in [0.5, 0.6) is 0 Å². The van der Waals surface area contributed by atoms with Crippen LogP contribution in [0.2, 0.25) is 0 Å². The van der Waals surface area contributed by atoms with Crippen LogP contribution in [0.15, 0.2) is 0 Å². The second kappa shape index (κ2) is 7.26. The molecule has 4 heteroatoms. The highest BCUT2D eigenvalue weighted by atomic mass is 16.5. The number of methoxy groups -OCH3 is 1. The van der Waals surface area contributed by atoms with E-state index in [4.69, 9.17) is 9.47 Å². The number of nitrogens with one attached hydrogen (secondary N) is 1. The van der Waals surface area contributed by atoms with Gasteiger partial charge in [-0.3, -0.25) is 0 Å². The molecule has 0 aliphatic rings. The minimum absolute atomic E-state index is 0.584. The highest BCUT2D eigenvalue weighted by molar-refractivity contribution is 4.67. The Kier molecular flexibility index (Phi) is 7.17. The van der Waals surface area contributed by atoms with Gasteiger partial charge in [-0.2, -0.15) is 0 Å². The summed E-state index contributed by atoms with van der Waals surface area (Å²) in [6, 6.07) is 0. The smallest absolute Gasteiger partial charge is 0.0715 e. The molecule has 0 atom stereocenters. The Morgan fingerprint density at radius 2 is 1.92 bits per heavy atom. The lowest BCUT2D eigenvalue weighted by Crippen LogP contribution is -2.36. The second-order valence-corrected chi connectivity index (χ2v) is 3.59. The fourth-order valence-electron chi connectivity index (χ4n) is 0.783. The van der Waals surface area contributed by atoms with Gasteiger partial charge in [-0.15, -0.1) is 0 Å². The Bertz CT molecular complexity index is 112. The van der Waals surface area contributed by atoms with E-state index in [1.54, 1.807) is 21.0 Å². The molecular weight excluding hydrogens is 170 g/mol. The highest BCUT2D eigenvalue weighted by Gasteiger charge is 2.10. The molecule has 2 N–H and O–H groups in total. The van der Waals surface area contributed by atoms with Gasteiger partial charge in [-0.1, -0.05) is 0 Å². The van der Waals surface area contributed by atoms with Gasteiger partial charge >= 0.3 is 0 Å². The number of rotatable bonds is 8. The van der Waals surface area contributed by atoms with Crippen LogP contribution in [0.4, 0.5) is 0 Å². The van der Waals surface area contributed by atoms with Crippen LogP contribution in [0.3, 0.4) is 0 Å². The maximum Gasteiger partial charge on any atom is 0.0715 e. The fraction of sp³-hybridized carbons (Fsp3) is 1.00. The van der Waals surface area contributed by atoms with Crippen molar-refractivity contribution in [1.29, 1.82) is 0 Å². The minimum Gasteiger partial charge on any atom is -0.389 e. The molecule has 0 aromatic heterocycles. The van der Waals surface area contributed by atoms with Crippen molar-refractivity contribution in [3.05, 3.63) is 0 Å². The van der Waals surface area contributed by atoms with Crippen LogP contribution < -0.4 is 5.32 Å². The summed E-state index contributed by atoms with van der Waals surface area (Å²) in [7, 11) is 1.65. The monoisotopic (exact) mass is 191 g/mol. The van der Waals surface area contributed by atoms with Crippen LogP contribution in [0.25, 0.3) is 0 Å². The van der Waals surface area contributed by atoms with Gasteiger partial charge in [-0.05, 0) is 13.8 Å². The maximum atomic E-state index is 9.34. The molecule has 0 aromatic rings. The molecule has 0 heterocycles. The summed E-state index contributed by atoms with van der Waals surface area (Å²) in [6.45, 7) is 6.79. The topological polar surface area (TPSA) is 50.7 Å². The van der Waals surface area contributed by atoms with E-state index in [1.807, 2.05) is 0 Å². The number of aliphatic hydroxyl groups is 1. The first-order chi connectivity index (χ1) is 6.06. The van der Waals surface area contributed by atoms with E-state index in [0.717, 1.165) is 6.54 Å². The molecule has 13 heavy (non-hydrogen) atoms. The lowest BCUT2D eigenvalue weighted by atomic mass is 10.1. The largest absolute Gasteiger partial charge is 0.389 e. The Hall–Kier alpha value is -0.160. The van der Waals surface area contributed by atoms with Gasteiger partial charge in [0.2, 0.25) is 0 Å². The first-order valence-electron chi connectivity index (χ1n) is 4.56. The van der Waals surface area contributed by atoms with Crippen LogP contribution in [-0.4, -0.2) is 50.7 Å². The van der Waals surface area contributed by atoms with E-state index in [9.17, 15) is 5.11 Å². The van der Waals surface area contributed by atoms with E-state index in [2.05, 4.69) is 5.32 Å². The third-order valence-corrected chi connectivity index (χ3v) is 1.41. The van der Waals surface area contributed by atoms with Crippen molar-refractivity contribution in [2.24, 2.45) is 0 Å². The molecule has 0 unspecified atom stereocenters. The summed E-state index contributed by atoms with van der Waals surface area (Å²) in [4.78, 5) is 0. The second-order valence-electron chi connectivity index (χ2n) is 3.59. The summed E-state index contributed by atoms with van der Waals surface area (Å²) < 4.78 is 10.0.